The fourth-order valence-corrected chi connectivity index (χ4v) is 2.89. The van der Waals surface area contributed by atoms with Crippen LogP contribution in [0.1, 0.15) is 30.8 Å². The number of aromatic nitrogens is 2. The molecule has 6 nitrogen and oxygen atoms in total. The minimum atomic E-state index is 0.204. The van der Waals surface area contributed by atoms with Gasteiger partial charge in [0.15, 0.2) is 0 Å². The maximum absolute atomic E-state index is 12.0. The van der Waals surface area contributed by atoms with E-state index in [0.717, 1.165) is 49.7 Å². The highest BCUT2D eigenvalue weighted by Gasteiger charge is 2.23. The van der Waals surface area contributed by atoms with Gasteiger partial charge in [0.25, 0.3) is 0 Å². The predicted molar refractivity (Wildman–Crippen MR) is 85.8 cm³/mol. The fraction of sp³-hybridized carbons (Fsp3) is 0.688. The molecule has 0 radical (unpaired) electrons. The highest BCUT2D eigenvalue weighted by Crippen LogP contribution is 2.22. The molecule has 0 aromatic carbocycles. The van der Waals surface area contributed by atoms with Crippen LogP contribution in [0.15, 0.2) is 6.07 Å². The van der Waals surface area contributed by atoms with Crippen LogP contribution in [0.4, 0.5) is 5.82 Å². The van der Waals surface area contributed by atoms with Crippen molar-refractivity contribution in [2.45, 2.75) is 32.6 Å². The van der Waals surface area contributed by atoms with Crippen molar-refractivity contribution < 1.29 is 9.53 Å². The molecule has 0 spiro atoms. The van der Waals surface area contributed by atoms with Crippen molar-refractivity contribution in [2.24, 2.45) is 5.92 Å². The lowest BCUT2D eigenvalue weighted by Crippen LogP contribution is -2.39. The first-order valence-electron chi connectivity index (χ1n) is 7.91. The molecule has 2 heterocycles. The monoisotopic (exact) mass is 306 g/mol. The van der Waals surface area contributed by atoms with Crippen molar-refractivity contribution in [2.75, 3.05) is 39.2 Å². The number of nitrogens with zero attached hydrogens (tertiary/aromatic N) is 3. The standard InChI is InChI=1S/C16H26N4O2/c1-12-18-14(11-15(17-2)19-12)10-13-4-7-20(8-5-13)16(21)6-9-22-3/h11,13H,4-10H2,1-3H3,(H,17,18,19). The number of nitrogens with one attached hydrogen (secondary N) is 1. The summed E-state index contributed by atoms with van der Waals surface area (Å²) in [6.07, 6.45) is 3.52. The van der Waals surface area contributed by atoms with Gasteiger partial charge >= 0.3 is 0 Å². The van der Waals surface area contributed by atoms with Gasteiger partial charge < -0.3 is 15.0 Å². The summed E-state index contributed by atoms with van der Waals surface area (Å²) in [6.45, 7) is 4.11. The molecule has 1 aromatic rings. The Morgan fingerprint density at radius 2 is 2.14 bits per heavy atom. The molecule has 0 atom stereocenters. The predicted octanol–water partition coefficient (Wildman–Crippen LogP) is 1.64. The number of carbonyl (C=O) groups excluding carboxylic acids is 1. The molecule has 1 N–H and O–H groups in total. The summed E-state index contributed by atoms with van der Waals surface area (Å²) in [5.41, 5.74) is 1.08. The van der Waals surface area contributed by atoms with Gasteiger partial charge in [-0.05, 0) is 32.1 Å². The Kier molecular flexibility index (Phi) is 6.12. The smallest absolute Gasteiger partial charge is 0.224 e. The van der Waals surface area contributed by atoms with E-state index in [4.69, 9.17) is 4.74 Å². The van der Waals surface area contributed by atoms with Crippen LogP contribution < -0.4 is 5.32 Å². The van der Waals surface area contributed by atoms with Gasteiger partial charge in [0.2, 0.25) is 5.91 Å². The Morgan fingerprint density at radius 3 is 2.77 bits per heavy atom. The topological polar surface area (TPSA) is 67.4 Å². The Bertz CT molecular complexity index is 499. The first kappa shape index (κ1) is 16.7. The number of likely N-dealkylation sites (tertiary alicyclic amines) is 1. The van der Waals surface area contributed by atoms with E-state index in [0.29, 0.717) is 18.9 Å². The molecule has 122 valence electrons. The van der Waals surface area contributed by atoms with Gasteiger partial charge in [0, 0.05) is 39.0 Å². The summed E-state index contributed by atoms with van der Waals surface area (Å²) in [4.78, 5) is 22.8. The van der Waals surface area contributed by atoms with Crippen molar-refractivity contribution >= 4 is 11.7 Å². The second-order valence-corrected chi connectivity index (χ2v) is 5.81. The number of hydrogen-bond acceptors (Lipinski definition) is 5. The number of methoxy groups -OCH3 is 1. The molecular weight excluding hydrogens is 280 g/mol. The first-order valence-corrected chi connectivity index (χ1v) is 7.91. The number of rotatable bonds is 6. The summed E-state index contributed by atoms with van der Waals surface area (Å²) < 4.78 is 4.97. The number of anilines is 1. The van der Waals surface area contributed by atoms with Gasteiger partial charge in [-0.2, -0.15) is 0 Å². The molecule has 6 heteroatoms. The normalized spacial score (nSPS) is 15.9. The Hall–Kier alpha value is -1.69. The van der Waals surface area contributed by atoms with E-state index in [1.165, 1.54) is 0 Å². The molecular formula is C16H26N4O2. The molecule has 0 bridgehead atoms. The Balaban J connectivity index is 1.84. The molecule has 0 aliphatic carbocycles. The van der Waals surface area contributed by atoms with Crippen LogP contribution in [0.2, 0.25) is 0 Å². The van der Waals surface area contributed by atoms with E-state index in [1.54, 1.807) is 7.11 Å². The molecule has 1 saturated heterocycles. The summed E-state index contributed by atoms with van der Waals surface area (Å²) in [5, 5.41) is 3.07. The quantitative estimate of drug-likeness (QED) is 0.865. The van der Waals surface area contributed by atoms with E-state index in [2.05, 4.69) is 15.3 Å². The summed E-state index contributed by atoms with van der Waals surface area (Å²) in [5.74, 6) is 2.46. The van der Waals surface area contributed by atoms with Crippen LogP contribution in [0.5, 0.6) is 0 Å². The second-order valence-electron chi connectivity index (χ2n) is 5.81. The lowest BCUT2D eigenvalue weighted by molar-refractivity contribution is -0.133. The van der Waals surface area contributed by atoms with E-state index >= 15 is 0 Å². The van der Waals surface area contributed by atoms with Crippen molar-refractivity contribution in [3.05, 3.63) is 17.6 Å². The molecule has 0 saturated carbocycles. The maximum Gasteiger partial charge on any atom is 0.224 e. The minimum Gasteiger partial charge on any atom is -0.384 e. The molecule has 1 aromatic heterocycles. The summed E-state index contributed by atoms with van der Waals surface area (Å²) >= 11 is 0. The van der Waals surface area contributed by atoms with Crippen LogP contribution in [0.3, 0.4) is 0 Å². The zero-order chi connectivity index (χ0) is 15.9. The van der Waals surface area contributed by atoms with Crippen molar-refractivity contribution in [3.63, 3.8) is 0 Å². The summed E-state index contributed by atoms with van der Waals surface area (Å²) in [7, 11) is 3.50. The van der Waals surface area contributed by atoms with Gasteiger partial charge in [-0.25, -0.2) is 9.97 Å². The Morgan fingerprint density at radius 1 is 1.41 bits per heavy atom. The van der Waals surface area contributed by atoms with Crippen molar-refractivity contribution in [3.8, 4) is 0 Å². The molecule has 1 aliphatic heterocycles. The lowest BCUT2D eigenvalue weighted by atomic mass is 9.92. The third kappa shape index (κ3) is 4.66. The SMILES string of the molecule is CNc1cc(CC2CCN(C(=O)CCOC)CC2)nc(C)n1. The number of hydrogen-bond donors (Lipinski definition) is 1. The van der Waals surface area contributed by atoms with Crippen LogP contribution in [0.25, 0.3) is 0 Å². The van der Waals surface area contributed by atoms with E-state index in [-0.39, 0.29) is 5.91 Å². The van der Waals surface area contributed by atoms with Gasteiger partial charge in [0.05, 0.1) is 13.0 Å². The number of piperidine rings is 1. The lowest BCUT2D eigenvalue weighted by Gasteiger charge is -2.32. The van der Waals surface area contributed by atoms with Gasteiger partial charge in [0.1, 0.15) is 11.6 Å². The highest BCUT2D eigenvalue weighted by atomic mass is 16.5. The van der Waals surface area contributed by atoms with Crippen molar-refractivity contribution in [1.82, 2.24) is 14.9 Å². The number of amides is 1. The van der Waals surface area contributed by atoms with Crippen LogP contribution in [-0.2, 0) is 16.0 Å². The minimum absolute atomic E-state index is 0.204. The van der Waals surface area contributed by atoms with Crippen molar-refractivity contribution in [1.29, 1.82) is 0 Å². The number of carbonyl (C=O) groups is 1. The zero-order valence-corrected chi connectivity index (χ0v) is 13.8. The van der Waals surface area contributed by atoms with E-state index < -0.39 is 0 Å². The average molecular weight is 306 g/mol. The average Bonchev–Trinajstić information content (AvgIpc) is 2.52. The molecule has 1 aliphatic rings. The third-order valence-corrected chi connectivity index (χ3v) is 4.13. The van der Waals surface area contributed by atoms with Crippen LogP contribution in [0, 0.1) is 12.8 Å². The first-order chi connectivity index (χ1) is 10.6. The molecule has 22 heavy (non-hydrogen) atoms. The second kappa shape index (κ2) is 8.08. The van der Waals surface area contributed by atoms with Gasteiger partial charge in [-0.15, -0.1) is 0 Å². The fourth-order valence-electron chi connectivity index (χ4n) is 2.89. The van der Waals surface area contributed by atoms with Crippen LogP contribution >= 0.6 is 0 Å². The summed E-state index contributed by atoms with van der Waals surface area (Å²) in [6, 6.07) is 2.02. The molecule has 1 fully saturated rings. The number of aryl methyl sites for hydroxylation is 1. The third-order valence-electron chi connectivity index (χ3n) is 4.13. The molecule has 2 rings (SSSR count). The molecule has 1 amide bonds. The highest BCUT2D eigenvalue weighted by molar-refractivity contribution is 5.76. The number of ether oxygens (including phenoxy) is 1. The maximum atomic E-state index is 12.0. The van der Waals surface area contributed by atoms with Gasteiger partial charge in [-0.3, -0.25) is 4.79 Å². The van der Waals surface area contributed by atoms with E-state index in [9.17, 15) is 4.79 Å². The Labute approximate surface area is 132 Å². The van der Waals surface area contributed by atoms with Crippen LogP contribution in [-0.4, -0.2) is 54.6 Å². The van der Waals surface area contributed by atoms with Gasteiger partial charge in [-0.1, -0.05) is 0 Å². The van der Waals surface area contributed by atoms with E-state index in [1.807, 2.05) is 24.9 Å². The largest absolute Gasteiger partial charge is 0.384 e. The molecule has 0 unspecified atom stereocenters. The zero-order valence-electron chi connectivity index (χ0n) is 13.8.